The van der Waals surface area contributed by atoms with E-state index in [1.165, 1.54) is 17.7 Å². The van der Waals surface area contributed by atoms with Gasteiger partial charge in [-0.25, -0.2) is 13.1 Å². The van der Waals surface area contributed by atoms with Gasteiger partial charge in [-0.2, -0.15) is 0 Å². The largest absolute Gasteiger partial charge is 0.336 e. The van der Waals surface area contributed by atoms with Gasteiger partial charge in [-0.1, -0.05) is 66.4 Å². The first-order valence-electron chi connectivity index (χ1n) is 10.9. The summed E-state index contributed by atoms with van der Waals surface area (Å²) < 4.78 is 28.6. The zero-order chi connectivity index (χ0) is 22.7. The summed E-state index contributed by atoms with van der Waals surface area (Å²) in [4.78, 5) is 17.1. The summed E-state index contributed by atoms with van der Waals surface area (Å²) in [6, 6.07) is 12.8. The van der Waals surface area contributed by atoms with Crippen LogP contribution in [0.4, 0.5) is 0 Å². The van der Waals surface area contributed by atoms with Crippen molar-refractivity contribution in [1.29, 1.82) is 0 Å². The van der Waals surface area contributed by atoms with E-state index in [-0.39, 0.29) is 32.5 Å². The molecule has 1 heterocycles. The Morgan fingerprint density at radius 1 is 0.969 bits per heavy atom. The molecule has 4 rings (SSSR count). The van der Waals surface area contributed by atoms with Gasteiger partial charge in [-0.3, -0.25) is 9.69 Å². The average molecular weight is 496 g/mol. The van der Waals surface area contributed by atoms with E-state index in [0.717, 1.165) is 45.3 Å². The highest BCUT2D eigenvalue weighted by Crippen LogP contribution is 2.31. The summed E-state index contributed by atoms with van der Waals surface area (Å²) in [6.07, 6.45) is 3.62. The Balaban J connectivity index is 1.46. The van der Waals surface area contributed by atoms with Gasteiger partial charge in [0.1, 0.15) is 4.90 Å². The fourth-order valence-electron chi connectivity index (χ4n) is 4.35. The van der Waals surface area contributed by atoms with Gasteiger partial charge >= 0.3 is 0 Å². The predicted octanol–water partition coefficient (Wildman–Crippen LogP) is 4.17. The highest BCUT2D eigenvalue weighted by Gasteiger charge is 2.29. The maximum absolute atomic E-state index is 13.2. The molecule has 172 valence electrons. The van der Waals surface area contributed by atoms with E-state index in [4.69, 9.17) is 23.2 Å². The Labute approximate surface area is 199 Å². The first-order valence-corrected chi connectivity index (χ1v) is 13.1. The van der Waals surface area contributed by atoms with Crippen LogP contribution < -0.4 is 4.72 Å². The average Bonchev–Trinajstić information content (AvgIpc) is 3.27. The van der Waals surface area contributed by atoms with Gasteiger partial charge in [0, 0.05) is 38.8 Å². The first-order chi connectivity index (χ1) is 15.3. The molecule has 0 radical (unpaired) electrons. The third-order valence-corrected chi connectivity index (χ3v) is 8.42. The number of piperazine rings is 1. The first kappa shape index (κ1) is 23.5. The van der Waals surface area contributed by atoms with Crippen LogP contribution in [0.25, 0.3) is 0 Å². The number of sulfonamides is 1. The minimum Gasteiger partial charge on any atom is -0.336 e. The van der Waals surface area contributed by atoms with E-state index in [2.05, 4.69) is 21.8 Å². The van der Waals surface area contributed by atoms with E-state index in [9.17, 15) is 13.2 Å². The maximum Gasteiger partial charge on any atom is 0.255 e. The predicted molar refractivity (Wildman–Crippen MR) is 127 cm³/mol. The van der Waals surface area contributed by atoms with Gasteiger partial charge in [-0.15, -0.1) is 0 Å². The van der Waals surface area contributed by atoms with Crippen LogP contribution >= 0.6 is 23.2 Å². The monoisotopic (exact) mass is 495 g/mol. The van der Waals surface area contributed by atoms with Gasteiger partial charge in [-0.05, 0) is 30.5 Å². The number of halogens is 2. The van der Waals surface area contributed by atoms with Crippen molar-refractivity contribution in [2.75, 3.05) is 26.2 Å². The van der Waals surface area contributed by atoms with Crippen LogP contribution in [-0.4, -0.2) is 56.3 Å². The molecular weight excluding hydrogens is 469 g/mol. The molecule has 2 fully saturated rings. The Morgan fingerprint density at radius 3 is 2.28 bits per heavy atom. The second kappa shape index (κ2) is 10.1. The molecule has 2 aliphatic rings. The van der Waals surface area contributed by atoms with E-state index >= 15 is 0 Å². The van der Waals surface area contributed by atoms with E-state index in [1.54, 1.807) is 4.90 Å². The third kappa shape index (κ3) is 5.46. The standard InChI is InChI=1S/C23H27Cl2N3O3S/c24-20-15-21(25)22(32(30,31)26-18-8-4-5-9-18)14-19(20)23(29)28-12-10-27(11-13-28)16-17-6-2-1-3-7-17/h1-3,6-7,14-15,18,26H,4-5,8-13,16H2. The Kier molecular flexibility index (Phi) is 7.42. The SMILES string of the molecule is O=C(c1cc(S(=O)(=O)NC2CCCC2)c(Cl)cc1Cl)N1CCN(Cc2ccccc2)CC1. The molecule has 2 aromatic carbocycles. The number of nitrogens with one attached hydrogen (secondary N) is 1. The molecule has 32 heavy (non-hydrogen) atoms. The number of benzene rings is 2. The van der Waals surface area contributed by atoms with Crippen molar-refractivity contribution < 1.29 is 13.2 Å². The fourth-order valence-corrected chi connectivity index (χ4v) is 6.51. The number of nitrogens with zero attached hydrogens (tertiary/aromatic N) is 2. The van der Waals surface area contributed by atoms with E-state index in [0.29, 0.717) is 13.1 Å². The summed E-state index contributed by atoms with van der Waals surface area (Å²) in [6.45, 7) is 3.40. The molecule has 2 aromatic rings. The smallest absolute Gasteiger partial charge is 0.255 e. The highest BCUT2D eigenvalue weighted by atomic mass is 35.5. The van der Waals surface area contributed by atoms with Crippen molar-refractivity contribution in [2.45, 2.75) is 43.2 Å². The fraction of sp³-hybridized carbons (Fsp3) is 0.435. The van der Waals surface area contributed by atoms with Crippen LogP contribution in [0.15, 0.2) is 47.4 Å². The van der Waals surface area contributed by atoms with E-state index < -0.39 is 10.0 Å². The number of hydrogen-bond donors (Lipinski definition) is 1. The van der Waals surface area contributed by atoms with Crippen LogP contribution in [0.2, 0.25) is 10.0 Å². The van der Waals surface area contributed by atoms with Crippen molar-refractivity contribution in [1.82, 2.24) is 14.5 Å². The molecule has 1 aliphatic carbocycles. The summed E-state index contributed by atoms with van der Waals surface area (Å²) in [5, 5.41) is 0.177. The highest BCUT2D eigenvalue weighted by molar-refractivity contribution is 7.89. The van der Waals surface area contributed by atoms with Crippen LogP contribution in [0.5, 0.6) is 0 Å². The van der Waals surface area contributed by atoms with Crippen molar-refractivity contribution in [2.24, 2.45) is 0 Å². The lowest BCUT2D eigenvalue weighted by Gasteiger charge is -2.35. The van der Waals surface area contributed by atoms with Crippen molar-refractivity contribution in [3.05, 3.63) is 63.6 Å². The lowest BCUT2D eigenvalue weighted by atomic mass is 10.1. The zero-order valence-corrected chi connectivity index (χ0v) is 20.1. The molecule has 0 atom stereocenters. The van der Waals surface area contributed by atoms with Gasteiger partial charge in [0.25, 0.3) is 5.91 Å². The van der Waals surface area contributed by atoms with E-state index in [1.807, 2.05) is 18.2 Å². The maximum atomic E-state index is 13.2. The molecule has 1 saturated carbocycles. The minimum atomic E-state index is -3.84. The molecular formula is C23H27Cl2N3O3S. The summed E-state index contributed by atoms with van der Waals surface area (Å²) >= 11 is 12.5. The molecule has 0 bridgehead atoms. The van der Waals surface area contributed by atoms with Crippen molar-refractivity contribution in [3.8, 4) is 0 Å². The molecule has 6 nitrogen and oxygen atoms in total. The molecule has 9 heteroatoms. The topological polar surface area (TPSA) is 69.7 Å². The van der Waals surface area contributed by atoms with Gasteiger partial charge in [0.05, 0.1) is 15.6 Å². The second-order valence-electron chi connectivity index (χ2n) is 8.42. The number of hydrogen-bond acceptors (Lipinski definition) is 4. The van der Waals surface area contributed by atoms with Gasteiger partial charge in [0.2, 0.25) is 10.0 Å². The van der Waals surface area contributed by atoms with Crippen molar-refractivity contribution >= 4 is 39.1 Å². The minimum absolute atomic E-state index is 0.0183. The molecule has 0 aromatic heterocycles. The molecule has 1 aliphatic heterocycles. The molecule has 0 unspecified atom stereocenters. The lowest BCUT2D eigenvalue weighted by Crippen LogP contribution is -2.48. The molecule has 0 spiro atoms. The number of carbonyl (C=O) groups is 1. The quantitative estimate of drug-likeness (QED) is 0.652. The third-order valence-electron chi connectivity index (χ3n) is 6.13. The van der Waals surface area contributed by atoms with Crippen LogP contribution in [-0.2, 0) is 16.6 Å². The molecule has 1 saturated heterocycles. The molecule has 1 amide bonds. The zero-order valence-electron chi connectivity index (χ0n) is 17.8. The number of carbonyl (C=O) groups excluding carboxylic acids is 1. The van der Waals surface area contributed by atoms with Crippen molar-refractivity contribution in [3.63, 3.8) is 0 Å². The van der Waals surface area contributed by atoms with Gasteiger partial charge in [0.15, 0.2) is 0 Å². The Bertz CT molecular complexity index is 1070. The van der Waals surface area contributed by atoms with Crippen LogP contribution in [0.3, 0.4) is 0 Å². The normalized spacial score (nSPS) is 18.2. The summed E-state index contributed by atoms with van der Waals surface area (Å²) in [5.74, 6) is -0.275. The second-order valence-corrected chi connectivity index (χ2v) is 10.9. The van der Waals surface area contributed by atoms with Crippen LogP contribution in [0.1, 0.15) is 41.6 Å². The lowest BCUT2D eigenvalue weighted by molar-refractivity contribution is 0.0628. The molecule has 1 N–H and O–H groups in total. The van der Waals surface area contributed by atoms with Gasteiger partial charge < -0.3 is 4.90 Å². The van der Waals surface area contributed by atoms with Crippen LogP contribution in [0, 0.1) is 0 Å². The summed E-state index contributed by atoms with van der Waals surface area (Å²) in [7, 11) is -3.84. The summed E-state index contributed by atoms with van der Waals surface area (Å²) in [5.41, 5.74) is 1.40. The Hall–Kier alpha value is -1.64. The number of amides is 1. The Morgan fingerprint density at radius 2 is 1.62 bits per heavy atom. The number of rotatable bonds is 6.